The second kappa shape index (κ2) is 6.16. The molecule has 2 aliphatic rings. The molecule has 1 unspecified atom stereocenters. The number of benzene rings is 1. The van der Waals surface area contributed by atoms with Crippen LogP contribution < -0.4 is 5.32 Å². The Morgan fingerprint density at radius 1 is 1.16 bits per heavy atom. The highest BCUT2D eigenvalue weighted by atomic mass is 32.2. The van der Waals surface area contributed by atoms with E-state index in [-0.39, 0.29) is 0 Å². The fourth-order valence-electron chi connectivity index (χ4n) is 3.25. The molecule has 0 bridgehead atoms. The van der Waals surface area contributed by atoms with E-state index in [0.29, 0.717) is 12.1 Å². The molecule has 0 aromatic heterocycles. The zero-order chi connectivity index (χ0) is 13.1. The molecule has 1 aromatic rings. The van der Waals surface area contributed by atoms with Crippen LogP contribution in [-0.2, 0) is 10.8 Å². The van der Waals surface area contributed by atoms with Crippen LogP contribution in [0.5, 0.6) is 0 Å². The first-order valence-corrected chi connectivity index (χ1v) is 8.70. The molecule has 0 amide bonds. The van der Waals surface area contributed by atoms with Gasteiger partial charge >= 0.3 is 0 Å². The van der Waals surface area contributed by atoms with Crippen LogP contribution in [0.15, 0.2) is 30.3 Å². The minimum atomic E-state index is -0.563. The van der Waals surface area contributed by atoms with E-state index in [0.717, 1.165) is 44.0 Å². The summed E-state index contributed by atoms with van der Waals surface area (Å²) in [5.74, 6) is 1.77. The quantitative estimate of drug-likeness (QED) is 0.891. The van der Waals surface area contributed by atoms with Gasteiger partial charge < -0.3 is 5.32 Å². The van der Waals surface area contributed by atoms with Crippen molar-refractivity contribution in [3.05, 3.63) is 35.9 Å². The van der Waals surface area contributed by atoms with Crippen LogP contribution >= 0.6 is 0 Å². The van der Waals surface area contributed by atoms with Crippen LogP contribution in [0.25, 0.3) is 0 Å². The number of hydrogen-bond donors (Lipinski definition) is 1. The largest absolute Gasteiger partial charge is 0.314 e. The number of rotatable bonds is 2. The van der Waals surface area contributed by atoms with Crippen molar-refractivity contribution in [2.24, 2.45) is 0 Å². The Labute approximate surface area is 117 Å². The molecule has 19 heavy (non-hydrogen) atoms. The van der Waals surface area contributed by atoms with E-state index < -0.39 is 10.8 Å². The van der Waals surface area contributed by atoms with Crippen molar-refractivity contribution in [1.29, 1.82) is 0 Å². The van der Waals surface area contributed by atoms with Crippen molar-refractivity contribution in [3.63, 3.8) is 0 Å². The van der Waals surface area contributed by atoms with Crippen LogP contribution in [0.4, 0.5) is 0 Å². The van der Waals surface area contributed by atoms with Crippen molar-refractivity contribution >= 4 is 10.8 Å². The number of nitrogens with zero attached hydrogens (tertiary/aromatic N) is 1. The average Bonchev–Trinajstić information content (AvgIpc) is 2.49. The molecule has 0 saturated carbocycles. The lowest BCUT2D eigenvalue weighted by Crippen LogP contribution is -2.52. The highest BCUT2D eigenvalue weighted by Gasteiger charge is 2.31. The van der Waals surface area contributed by atoms with Gasteiger partial charge in [0.15, 0.2) is 0 Å². The van der Waals surface area contributed by atoms with E-state index in [9.17, 15) is 4.21 Å². The molecule has 104 valence electrons. The van der Waals surface area contributed by atoms with Crippen molar-refractivity contribution in [2.45, 2.75) is 24.9 Å². The molecule has 2 heterocycles. The van der Waals surface area contributed by atoms with Gasteiger partial charge in [0.2, 0.25) is 0 Å². The van der Waals surface area contributed by atoms with Gasteiger partial charge in [-0.05, 0) is 18.4 Å². The summed E-state index contributed by atoms with van der Waals surface area (Å²) in [5, 5.41) is 3.51. The summed E-state index contributed by atoms with van der Waals surface area (Å²) in [7, 11) is -0.563. The molecule has 1 atom stereocenters. The molecule has 2 fully saturated rings. The first-order chi connectivity index (χ1) is 9.34. The molecule has 0 radical (unpaired) electrons. The molecule has 4 heteroatoms. The van der Waals surface area contributed by atoms with E-state index in [1.165, 1.54) is 5.56 Å². The molecular formula is C15H22N2OS. The second-order valence-electron chi connectivity index (χ2n) is 5.45. The predicted molar refractivity (Wildman–Crippen MR) is 79.7 cm³/mol. The van der Waals surface area contributed by atoms with Crippen molar-refractivity contribution in [1.82, 2.24) is 10.2 Å². The molecule has 0 spiro atoms. The van der Waals surface area contributed by atoms with E-state index in [4.69, 9.17) is 0 Å². The molecule has 1 aromatic carbocycles. The minimum Gasteiger partial charge on any atom is -0.314 e. The molecule has 3 rings (SSSR count). The standard InChI is InChI=1S/C15H22N2OS/c18-19-10-6-14(7-11-19)17-9-8-16-12-15(17)13-4-2-1-3-5-13/h1-5,14-16H,6-12H2. The Bertz CT molecular complexity index is 427. The predicted octanol–water partition coefficient (Wildman–Crippen LogP) is 1.54. The van der Waals surface area contributed by atoms with Gasteiger partial charge in [0, 0.05) is 54.0 Å². The number of nitrogens with one attached hydrogen (secondary N) is 1. The minimum absolute atomic E-state index is 0.478. The van der Waals surface area contributed by atoms with E-state index in [1.807, 2.05) is 0 Å². The van der Waals surface area contributed by atoms with E-state index in [2.05, 4.69) is 40.5 Å². The monoisotopic (exact) mass is 278 g/mol. The lowest BCUT2D eigenvalue weighted by molar-refractivity contribution is 0.0992. The summed E-state index contributed by atoms with van der Waals surface area (Å²) in [5.41, 5.74) is 1.40. The number of piperazine rings is 1. The molecular weight excluding hydrogens is 256 g/mol. The van der Waals surface area contributed by atoms with Crippen LogP contribution in [0.1, 0.15) is 24.4 Å². The first kappa shape index (κ1) is 13.3. The van der Waals surface area contributed by atoms with Gasteiger partial charge in [-0.1, -0.05) is 30.3 Å². The molecule has 2 aliphatic heterocycles. The Morgan fingerprint density at radius 3 is 2.63 bits per heavy atom. The maximum absolute atomic E-state index is 11.5. The van der Waals surface area contributed by atoms with Gasteiger partial charge in [-0.15, -0.1) is 0 Å². The molecule has 2 saturated heterocycles. The average molecular weight is 278 g/mol. The summed E-state index contributed by atoms with van der Waals surface area (Å²) in [6.07, 6.45) is 2.19. The van der Waals surface area contributed by atoms with Crippen LogP contribution in [0.3, 0.4) is 0 Å². The van der Waals surface area contributed by atoms with E-state index >= 15 is 0 Å². The van der Waals surface area contributed by atoms with Gasteiger partial charge in [-0.2, -0.15) is 0 Å². The number of hydrogen-bond acceptors (Lipinski definition) is 3. The zero-order valence-electron chi connectivity index (χ0n) is 11.3. The third-order valence-electron chi connectivity index (χ3n) is 4.30. The smallest absolute Gasteiger partial charge is 0.0476 e. The topological polar surface area (TPSA) is 32.3 Å². The normalized spacial score (nSPS) is 33.2. The molecule has 3 nitrogen and oxygen atoms in total. The van der Waals surface area contributed by atoms with Gasteiger partial charge in [-0.3, -0.25) is 9.11 Å². The molecule has 0 aliphatic carbocycles. The first-order valence-electron chi connectivity index (χ1n) is 7.21. The Balaban J connectivity index is 1.76. The van der Waals surface area contributed by atoms with Gasteiger partial charge in [0.25, 0.3) is 0 Å². The van der Waals surface area contributed by atoms with Crippen LogP contribution in [0.2, 0.25) is 0 Å². The van der Waals surface area contributed by atoms with Gasteiger partial charge in [-0.25, -0.2) is 0 Å². The second-order valence-corrected chi connectivity index (χ2v) is 7.14. The molecule has 1 N–H and O–H groups in total. The third-order valence-corrected chi connectivity index (χ3v) is 5.68. The van der Waals surface area contributed by atoms with Gasteiger partial charge in [0.05, 0.1) is 0 Å². The lowest BCUT2D eigenvalue weighted by Gasteiger charge is -2.43. The summed E-state index contributed by atoms with van der Waals surface area (Å²) in [4.78, 5) is 2.64. The van der Waals surface area contributed by atoms with Crippen LogP contribution in [-0.4, -0.2) is 46.3 Å². The SMILES string of the molecule is O=S1CCC(N2CCNCC2c2ccccc2)CC1. The summed E-state index contributed by atoms with van der Waals surface area (Å²) < 4.78 is 11.5. The lowest BCUT2D eigenvalue weighted by atomic mass is 9.99. The van der Waals surface area contributed by atoms with Crippen molar-refractivity contribution in [2.75, 3.05) is 31.1 Å². The summed E-state index contributed by atoms with van der Waals surface area (Å²) >= 11 is 0. The fourth-order valence-corrected chi connectivity index (χ4v) is 4.53. The summed E-state index contributed by atoms with van der Waals surface area (Å²) in [6, 6.07) is 11.9. The Kier molecular flexibility index (Phi) is 4.31. The van der Waals surface area contributed by atoms with Gasteiger partial charge in [0.1, 0.15) is 0 Å². The van der Waals surface area contributed by atoms with Crippen LogP contribution in [0, 0.1) is 0 Å². The van der Waals surface area contributed by atoms with Crippen molar-refractivity contribution in [3.8, 4) is 0 Å². The highest BCUT2D eigenvalue weighted by molar-refractivity contribution is 7.85. The third kappa shape index (κ3) is 3.07. The summed E-state index contributed by atoms with van der Waals surface area (Å²) in [6.45, 7) is 3.21. The van der Waals surface area contributed by atoms with Crippen molar-refractivity contribution < 1.29 is 4.21 Å². The maximum atomic E-state index is 11.5. The fraction of sp³-hybridized carbons (Fsp3) is 0.600. The van der Waals surface area contributed by atoms with E-state index in [1.54, 1.807) is 0 Å². The maximum Gasteiger partial charge on any atom is 0.0476 e. The zero-order valence-corrected chi connectivity index (χ0v) is 12.1. The Morgan fingerprint density at radius 2 is 1.89 bits per heavy atom. The Hall–Kier alpha value is -0.710. The highest BCUT2D eigenvalue weighted by Crippen LogP contribution is 2.28.